The highest BCUT2D eigenvalue weighted by Crippen LogP contribution is 2.64. The molecule has 0 heterocycles. The third-order valence-electron chi connectivity index (χ3n) is 7.89. The number of carbonyl (C=O) groups is 1. The minimum absolute atomic E-state index is 0.383. The molecule has 0 aromatic heterocycles. The second-order valence-corrected chi connectivity index (χ2v) is 8.82. The van der Waals surface area contributed by atoms with Crippen LogP contribution in [-0.2, 0) is 4.79 Å². The number of ketones is 1. The zero-order valence-corrected chi connectivity index (χ0v) is 14.2. The van der Waals surface area contributed by atoms with Crippen molar-refractivity contribution in [2.24, 2.45) is 35.0 Å². The molecule has 4 aliphatic carbocycles. The molecule has 1 nitrogen and oxygen atoms in total. The molecule has 4 rings (SSSR count). The van der Waals surface area contributed by atoms with E-state index < -0.39 is 0 Å². The lowest BCUT2D eigenvalue weighted by Crippen LogP contribution is -2.46. The molecule has 0 aromatic carbocycles. The van der Waals surface area contributed by atoms with E-state index in [4.69, 9.17) is 0 Å². The van der Waals surface area contributed by atoms with Crippen LogP contribution in [0.25, 0.3) is 0 Å². The van der Waals surface area contributed by atoms with E-state index in [2.05, 4.69) is 20.4 Å². The molecule has 0 aliphatic heterocycles. The number of hydrogen-bond donors (Lipinski definition) is 0. The van der Waals surface area contributed by atoms with Gasteiger partial charge >= 0.3 is 0 Å². The molecule has 1 heteroatoms. The Morgan fingerprint density at radius 2 is 1.95 bits per heavy atom. The first kappa shape index (κ1) is 14.7. The van der Waals surface area contributed by atoms with Gasteiger partial charge in [0.05, 0.1) is 0 Å². The molecule has 0 bridgehead atoms. The first-order chi connectivity index (χ1) is 10.5. The van der Waals surface area contributed by atoms with Crippen molar-refractivity contribution in [2.45, 2.75) is 65.2 Å². The fraction of sp³-hybridized carbons (Fsp3) is 0.762. The van der Waals surface area contributed by atoms with Crippen molar-refractivity contribution in [3.63, 3.8) is 0 Å². The first-order valence-corrected chi connectivity index (χ1v) is 9.39. The van der Waals surface area contributed by atoms with E-state index in [0.29, 0.717) is 11.2 Å². The molecule has 6 atom stereocenters. The van der Waals surface area contributed by atoms with Gasteiger partial charge < -0.3 is 0 Å². The normalized spacial score (nSPS) is 47.3. The summed E-state index contributed by atoms with van der Waals surface area (Å²) >= 11 is 0. The Bertz CT molecular complexity index is 542. The van der Waals surface area contributed by atoms with E-state index in [1.54, 1.807) is 0 Å². The van der Waals surface area contributed by atoms with Crippen molar-refractivity contribution < 1.29 is 4.79 Å². The molecule has 0 N–H and O–H groups in total. The van der Waals surface area contributed by atoms with Crippen LogP contribution >= 0.6 is 0 Å². The van der Waals surface area contributed by atoms with Gasteiger partial charge in [0, 0.05) is 6.42 Å². The van der Waals surface area contributed by atoms with Crippen molar-refractivity contribution >= 4 is 5.78 Å². The van der Waals surface area contributed by atoms with Crippen LogP contribution in [0.1, 0.15) is 65.2 Å². The summed E-state index contributed by atoms with van der Waals surface area (Å²) in [6.07, 6.45) is 12.0. The average Bonchev–Trinajstić information content (AvgIpc) is 2.84. The predicted molar refractivity (Wildman–Crippen MR) is 90.4 cm³/mol. The summed E-state index contributed by atoms with van der Waals surface area (Å²) in [7, 11) is 0. The SMILES string of the molecule is C=C(C)C1CCC2C3CCC4=CC(=O)CCC4C3CCC12C. The van der Waals surface area contributed by atoms with E-state index in [-0.39, 0.29) is 0 Å². The summed E-state index contributed by atoms with van der Waals surface area (Å²) in [5.74, 6) is 4.57. The summed E-state index contributed by atoms with van der Waals surface area (Å²) in [4.78, 5) is 11.7. The van der Waals surface area contributed by atoms with Crippen molar-refractivity contribution in [2.75, 3.05) is 0 Å². The van der Waals surface area contributed by atoms with E-state index in [1.165, 1.54) is 49.7 Å². The smallest absolute Gasteiger partial charge is 0.155 e. The van der Waals surface area contributed by atoms with Crippen LogP contribution in [0.5, 0.6) is 0 Å². The van der Waals surface area contributed by atoms with Gasteiger partial charge in [-0.3, -0.25) is 4.79 Å². The lowest BCUT2D eigenvalue weighted by molar-refractivity contribution is -0.116. The molecule has 22 heavy (non-hydrogen) atoms. The zero-order valence-electron chi connectivity index (χ0n) is 14.2. The quantitative estimate of drug-likeness (QED) is 0.599. The van der Waals surface area contributed by atoms with E-state index in [1.807, 2.05) is 6.08 Å². The predicted octanol–water partition coefficient (Wildman–Crippen LogP) is 5.32. The van der Waals surface area contributed by atoms with Gasteiger partial charge in [-0.05, 0) is 93.0 Å². The molecule has 3 saturated carbocycles. The summed E-state index contributed by atoms with van der Waals surface area (Å²) in [5.41, 5.74) is 3.44. The number of allylic oxidation sites excluding steroid dienone is 2. The maximum absolute atomic E-state index is 11.7. The largest absolute Gasteiger partial charge is 0.295 e. The molecule has 4 aliphatic rings. The molecular weight excluding hydrogens is 268 g/mol. The highest BCUT2D eigenvalue weighted by Gasteiger charge is 2.56. The Balaban J connectivity index is 1.62. The van der Waals surface area contributed by atoms with Gasteiger partial charge in [-0.15, -0.1) is 0 Å². The van der Waals surface area contributed by atoms with Crippen LogP contribution in [-0.4, -0.2) is 5.78 Å². The number of hydrogen-bond acceptors (Lipinski definition) is 1. The number of carbonyl (C=O) groups excluding carboxylic acids is 1. The Morgan fingerprint density at radius 1 is 1.14 bits per heavy atom. The van der Waals surface area contributed by atoms with Gasteiger partial charge in [-0.1, -0.05) is 24.6 Å². The number of fused-ring (bicyclic) bond motifs is 5. The second kappa shape index (κ2) is 5.08. The molecule has 3 fully saturated rings. The molecule has 0 spiro atoms. The maximum atomic E-state index is 11.7. The molecule has 6 unspecified atom stereocenters. The molecule has 0 aromatic rings. The monoisotopic (exact) mass is 298 g/mol. The Hall–Kier alpha value is -0.850. The standard InChI is InChI=1S/C21H30O/c1-13(2)19-8-9-20-18-6-4-14-12-15(22)5-7-16(14)17(18)10-11-21(19,20)3/h12,16-20H,1,4-11H2,2-3H3. The average molecular weight is 298 g/mol. The van der Waals surface area contributed by atoms with Gasteiger partial charge in [0.2, 0.25) is 0 Å². The van der Waals surface area contributed by atoms with Gasteiger partial charge in [0.1, 0.15) is 0 Å². The van der Waals surface area contributed by atoms with E-state index >= 15 is 0 Å². The molecular formula is C21H30O. The van der Waals surface area contributed by atoms with Crippen LogP contribution in [0, 0.1) is 35.0 Å². The van der Waals surface area contributed by atoms with Crippen LogP contribution in [0.15, 0.2) is 23.8 Å². The Labute approximate surface area is 135 Å². The van der Waals surface area contributed by atoms with Crippen LogP contribution in [0.3, 0.4) is 0 Å². The summed E-state index contributed by atoms with van der Waals surface area (Å²) in [6.45, 7) is 9.12. The highest BCUT2D eigenvalue weighted by atomic mass is 16.1. The highest BCUT2D eigenvalue weighted by molar-refractivity contribution is 5.91. The Kier molecular flexibility index (Phi) is 3.40. The van der Waals surface area contributed by atoms with Crippen LogP contribution < -0.4 is 0 Å². The Morgan fingerprint density at radius 3 is 2.73 bits per heavy atom. The van der Waals surface area contributed by atoms with Crippen LogP contribution in [0.2, 0.25) is 0 Å². The third kappa shape index (κ3) is 2.00. The van der Waals surface area contributed by atoms with Crippen molar-refractivity contribution in [3.8, 4) is 0 Å². The fourth-order valence-electron chi connectivity index (χ4n) is 6.99. The number of rotatable bonds is 1. The lowest BCUT2D eigenvalue weighted by atomic mass is 9.51. The van der Waals surface area contributed by atoms with Gasteiger partial charge in [0.15, 0.2) is 5.78 Å². The minimum atomic E-state index is 0.383. The fourth-order valence-corrected chi connectivity index (χ4v) is 6.99. The maximum Gasteiger partial charge on any atom is 0.155 e. The topological polar surface area (TPSA) is 17.1 Å². The van der Waals surface area contributed by atoms with E-state index in [9.17, 15) is 4.79 Å². The van der Waals surface area contributed by atoms with Crippen molar-refractivity contribution in [1.29, 1.82) is 0 Å². The van der Waals surface area contributed by atoms with Crippen molar-refractivity contribution in [3.05, 3.63) is 23.8 Å². The summed E-state index contributed by atoms with van der Waals surface area (Å²) < 4.78 is 0. The summed E-state index contributed by atoms with van der Waals surface area (Å²) in [6, 6.07) is 0. The summed E-state index contributed by atoms with van der Waals surface area (Å²) in [5, 5.41) is 0. The molecule has 120 valence electrons. The van der Waals surface area contributed by atoms with Gasteiger partial charge in [-0.25, -0.2) is 0 Å². The second-order valence-electron chi connectivity index (χ2n) is 8.82. The first-order valence-electron chi connectivity index (χ1n) is 9.39. The molecule has 0 amide bonds. The molecule has 0 radical (unpaired) electrons. The van der Waals surface area contributed by atoms with Crippen molar-refractivity contribution in [1.82, 2.24) is 0 Å². The van der Waals surface area contributed by atoms with Gasteiger partial charge in [0.25, 0.3) is 0 Å². The minimum Gasteiger partial charge on any atom is -0.295 e. The molecule has 0 saturated heterocycles. The van der Waals surface area contributed by atoms with Crippen LogP contribution in [0.4, 0.5) is 0 Å². The van der Waals surface area contributed by atoms with Gasteiger partial charge in [-0.2, -0.15) is 0 Å². The lowest BCUT2D eigenvalue weighted by Gasteiger charge is -2.54. The van der Waals surface area contributed by atoms with E-state index in [0.717, 1.165) is 42.4 Å². The third-order valence-corrected chi connectivity index (χ3v) is 7.89. The zero-order chi connectivity index (χ0) is 15.5.